The van der Waals surface area contributed by atoms with Crippen molar-refractivity contribution in [3.05, 3.63) is 5.69 Å². The van der Waals surface area contributed by atoms with Gasteiger partial charge in [0, 0.05) is 32.2 Å². The van der Waals surface area contributed by atoms with Crippen LogP contribution in [0.15, 0.2) is 4.21 Å². The molecule has 0 bridgehead atoms. The standard InChI is InChI=1S/C11H18N4O2S2/c1-8-10(18-11(12)13-8)19(16,17)15-6-4-14(5-7-15)9-2-3-9/h9H,2-7H2,1H3,(H2,12,13). The first-order valence-electron chi connectivity index (χ1n) is 6.45. The van der Waals surface area contributed by atoms with Gasteiger partial charge in [0.25, 0.3) is 10.0 Å². The van der Waals surface area contributed by atoms with Crippen LogP contribution in [0.1, 0.15) is 18.5 Å². The van der Waals surface area contributed by atoms with E-state index in [-0.39, 0.29) is 0 Å². The van der Waals surface area contributed by atoms with Crippen LogP contribution >= 0.6 is 11.3 Å². The molecule has 1 saturated heterocycles. The second-order valence-electron chi connectivity index (χ2n) is 5.10. The molecule has 2 aliphatic rings. The van der Waals surface area contributed by atoms with Gasteiger partial charge in [-0.05, 0) is 19.8 Å². The van der Waals surface area contributed by atoms with Crippen LogP contribution in [0.4, 0.5) is 5.13 Å². The van der Waals surface area contributed by atoms with Crippen LogP contribution in [0.5, 0.6) is 0 Å². The first kappa shape index (κ1) is 13.3. The SMILES string of the molecule is Cc1nc(N)sc1S(=O)(=O)N1CCN(C2CC2)CC1. The number of sulfonamides is 1. The number of thiazole rings is 1. The van der Waals surface area contributed by atoms with E-state index >= 15 is 0 Å². The molecule has 3 rings (SSSR count). The summed E-state index contributed by atoms with van der Waals surface area (Å²) in [7, 11) is -3.42. The third kappa shape index (κ3) is 2.49. The molecule has 1 aromatic heterocycles. The molecule has 0 radical (unpaired) electrons. The predicted molar refractivity (Wildman–Crippen MR) is 74.6 cm³/mol. The lowest BCUT2D eigenvalue weighted by Crippen LogP contribution is -2.49. The van der Waals surface area contributed by atoms with Crippen LogP contribution < -0.4 is 5.73 Å². The monoisotopic (exact) mass is 302 g/mol. The summed E-state index contributed by atoms with van der Waals surface area (Å²) in [6, 6.07) is 0.700. The lowest BCUT2D eigenvalue weighted by atomic mass is 10.3. The van der Waals surface area contributed by atoms with Crippen molar-refractivity contribution in [2.45, 2.75) is 30.0 Å². The number of nitrogen functional groups attached to an aromatic ring is 1. The second kappa shape index (κ2) is 4.69. The summed E-state index contributed by atoms with van der Waals surface area (Å²) < 4.78 is 26.9. The molecular weight excluding hydrogens is 284 g/mol. The normalized spacial score (nSPS) is 22.8. The molecule has 2 fully saturated rings. The molecule has 8 heteroatoms. The first-order valence-corrected chi connectivity index (χ1v) is 8.71. The minimum Gasteiger partial charge on any atom is -0.375 e. The maximum atomic E-state index is 12.5. The van der Waals surface area contributed by atoms with Crippen molar-refractivity contribution in [3.8, 4) is 0 Å². The molecule has 1 aromatic rings. The Balaban J connectivity index is 1.76. The number of nitrogens with two attached hydrogens (primary N) is 1. The maximum absolute atomic E-state index is 12.5. The Morgan fingerprint density at radius 3 is 2.37 bits per heavy atom. The van der Waals surface area contributed by atoms with Crippen LogP contribution in [0, 0.1) is 6.92 Å². The highest BCUT2D eigenvalue weighted by molar-refractivity contribution is 7.91. The number of aryl methyl sites for hydroxylation is 1. The van der Waals surface area contributed by atoms with Gasteiger partial charge in [-0.25, -0.2) is 13.4 Å². The number of hydrogen-bond donors (Lipinski definition) is 1. The van der Waals surface area contributed by atoms with Crippen molar-refractivity contribution in [2.24, 2.45) is 0 Å². The van der Waals surface area contributed by atoms with Crippen LogP contribution in [-0.2, 0) is 10.0 Å². The fourth-order valence-corrected chi connectivity index (χ4v) is 5.36. The van der Waals surface area contributed by atoms with Gasteiger partial charge in [0.15, 0.2) is 9.34 Å². The second-order valence-corrected chi connectivity index (χ2v) is 8.26. The van der Waals surface area contributed by atoms with E-state index in [0.717, 1.165) is 24.4 Å². The number of anilines is 1. The molecule has 6 nitrogen and oxygen atoms in total. The summed E-state index contributed by atoms with van der Waals surface area (Å²) in [5.74, 6) is 0. The van der Waals surface area contributed by atoms with Gasteiger partial charge in [-0.1, -0.05) is 11.3 Å². The lowest BCUT2D eigenvalue weighted by molar-refractivity contribution is 0.180. The van der Waals surface area contributed by atoms with Gasteiger partial charge in [-0.15, -0.1) is 0 Å². The van der Waals surface area contributed by atoms with Crippen LogP contribution in [0.2, 0.25) is 0 Å². The molecular formula is C11H18N4O2S2. The van der Waals surface area contributed by atoms with Crippen molar-refractivity contribution in [3.63, 3.8) is 0 Å². The minimum atomic E-state index is -3.42. The highest BCUT2D eigenvalue weighted by Gasteiger charge is 2.36. The van der Waals surface area contributed by atoms with Gasteiger partial charge >= 0.3 is 0 Å². The molecule has 1 aliphatic carbocycles. The molecule has 0 amide bonds. The fraction of sp³-hybridized carbons (Fsp3) is 0.727. The molecule has 0 aromatic carbocycles. The van der Waals surface area contributed by atoms with Crippen LogP contribution in [0.3, 0.4) is 0 Å². The molecule has 2 heterocycles. The van der Waals surface area contributed by atoms with E-state index in [0.29, 0.717) is 34.2 Å². The quantitative estimate of drug-likeness (QED) is 0.879. The van der Waals surface area contributed by atoms with Crippen LogP contribution in [0.25, 0.3) is 0 Å². The Morgan fingerprint density at radius 2 is 1.89 bits per heavy atom. The average molecular weight is 302 g/mol. The molecule has 19 heavy (non-hydrogen) atoms. The lowest BCUT2D eigenvalue weighted by Gasteiger charge is -2.33. The third-order valence-electron chi connectivity index (χ3n) is 3.68. The zero-order valence-electron chi connectivity index (χ0n) is 10.9. The largest absolute Gasteiger partial charge is 0.375 e. The smallest absolute Gasteiger partial charge is 0.254 e. The van der Waals surface area contributed by atoms with Crippen molar-refractivity contribution < 1.29 is 8.42 Å². The summed E-state index contributed by atoms with van der Waals surface area (Å²) in [6.45, 7) is 4.49. The topological polar surface area (TPSA) is 79.5 Å². The van der Waals surface area contributed by atoms with Gasteiger partial charge in [-0.3, -0.25) is 4.90 Å². The van der Waals surface area contributed by atoms with Gasteiger partial charge in [0.05, 0.1) is 5.69 Å². The van der Waals surface area contributed by atoms with Crippen molar-refractivity contribution in [1.82, 2.24) is 14.2 Å². The highest BCUT2D eigenvalue weighted by atomic mass is 32.2. The van der Waals surface area contributed by atoms with Crippen molar-refractivity contribution in [2.75, 3.05) is 31.9 Å². The molecule has 0 atom stereocenters. The predicted octanol–water partition coefficient (Wildman–Crippen LogP) is 0.502. The number of rotatable bonds is 3. The van der Waals surface area contributed by atoms with E-state index in [2.05, 4.69) is 9.88 Å². The number of piperazine rings is 1. The van der Waals surface area contributed by atoms with Gasteiger partial charge in [-0.2, -0.15) is 4.31 Å². The number of hydrogen-bond acceptors (Lipinski definition) is 6. The zero-order valence-corrected chi connectivity index (χ0v) is 12.5. The average Bonchev–Trinajstić information content (AvgIpc) is 3.15. The molecule has 1 saturated carbocycles. The highest BCUT2D eigenvalue weighted by Crippen LogP contribution is 2.31. The Hall–Kier alpha value is -0.700. The van der Waals surface area contributed by atoms with E-state index in [1.807, 2.05) is 0 Å². The number of aromatic nitrogens is 1. The van der Waals surface area contributed by atoms with E-state index in [9.17, 15) is 8.42 Å². The summed E-state index contributed by atoms with van der Waals surface area (Å²) in [5, 5.41) is 0.313. The molecule has 0 spiro atoms. The summed E-state index contributed by atoms with van der Waals surface area (Å²) in [6.07, 6.45) is 2.52. The summed E-state index contributed by atoms with van der Waals surface area (Å²) in [4.78, 5) is 6.39. The first-order chi connectivity index (χ1) is 8.98. The molecule has 106 valence electrons. The van der Waals surface area contributed by atoms with Gasteiger partial charge in [0.1, 0.15) is 0 Å². The van der Waals surface area contributed by atoms with Gasteiger partial charge < -0.3 is 5.73 Å². The van der Waals surface area contributed by atoms with E-state index in [4.69, 9.17) is 5.73 Å². The van der Waals surface area contributed by atoms with Crippen LogP contribution in [-0.4, -0.2) is 54.8 Å². The van der Waals surface area contributed by atoms with Crippen molar-refractivity contribution >= 4 is 26.5 Å². The summed E-state index contributed by atoms with van der Waals surface area (Å²) in [5.41, 5.74) is 6.10. The van der Waals surface area contributed by atoms with E-state index < -0.39 is 10.0 Å². The van der Waals surface area contributed by atoms with Gasteiger partial charge in [0.2, 0.25) is 0 Å². The maximum Gasteiger partial charge on any atom is 0.254 e. The van der Waals surface area contributed by atoms with E-state index in [1.54, 1.807) is 11.2 Å². The summed E-state index contributed by atoms with van der Waals surface area (Å²) >= 11 is 1.06. The Labute approximate surface area is 117 Å². The Morgan fingerprint density at radius 1 is 1.26 bits per heavy atom. The Kier molecular flexibility index (Phi) is 3.28. The molecule has 1 aliphatic heterocycles. The van der Waals surface area contributed by atoms with E-state index in [1.165, 1.54) is 12.8 Å². The fourth-order valence-electron chi connectivity index (χ4n) is 2.51. The molecule has 2 N–H and O–H groups in total. The molecule has 0 unspecified atom stereocenters. The zero-order chi connectivity index (χ0) is 13.6. The Bertz CT molecular complexity index is 572. The third-order valence-corrected chi connectivity index (χ3v) is 7.15. The van der Waals surface area contributed by atoms with Crippen molar-refractivity contribution in [1.29, 1.82) is 0 Å². The number of nitrogens with zero attached hydrogens (tertiary/aromatic N) is 3. The minimum absolute atomic E-state index is 0.296.